The summed E-state index contributed by atoms with van der Waals surface area (Å²) in [6.07, 6.45) is 0.779. The fourth-order valence-electron chi connectivity index (χ4n) is 2.36. The summed E-state index contributed by atoms with van der Waals surface area (Å²) in [5, 5.41) is 5.29. The third-order valence-electron chi connectivity index (χ3n) is 3.76. The van der Waals surface area contributed by atoms with Gasteiger partial charge in [-0.15, -0.1) is 12.4 Å². The zero-order chi connectivity index (χ0) is 18.9. The number of hydrogen-bond acceptors (Lipinski definition) is 5. The molecule has 0 unspecified atom stereocenters. The molecule has 2 aromatic rings. The Morgan fingerprint density at radius 3 is 2.22 bits per heavy atom. The van der Waals surface area contributed by atoms with E-state index >= 15 is 0 Å². The lowest BCUT2D eigenvalue weighted by Crippen LogP contribution is -2.33. The molecule has 4 N–H and O–H groups in total. The minimum absolute atomic E-state index is 0. The van der Waals surface area contributed by atoms with E-state index in [4.69, 9.17) is 15.2 Å². The number of rotatable bonds is 8. The first kappa shape index (κ1) is 22.1. The van der Waals surface area contributed by atoms with Gasteiger partial charge in [0.15, 0.2) is 0 Å². The van der Waals surface area contributed by atoms with E-state index in [2.05, 4.69) is 10.6 Å². The van der Waals surface area contributed by atoms with E-state index in [-0.39, 0.29) is 37.2 Å². The van der Waals surface area contributed by atoms with Crippen LogP contribution in [0.4, 0.5) is 11.4 Å². The number of halogens is 1. The van der Waals surface area contributed by atoms with Crippen LogP contribution in [0.1, 0.15) is 12.0 Å². The molecule has 0 radical (unpaired) electrons. The molecule has 27 heavy (non-hydrogen) atoms. The van der Waals surface area contributed by atoms with Crippen molar-refractivity contribution in [1.29, 1.82) is 0 Å². The Labute approximate surface area is 164 Å². The van der Waals surface area contributed by atoms with Crippen LogP contribution in [0.2, 0.25) is 0 Å². The van der Waals surface area contributed by atoms with Gasteiger partial charge in [-0.05, 0) is 18.1 Å². The maximum atomic E-state index is 12.0. The molecule has 0 saturated carbocycles. The Morgan fingerprint density at radius 1 is 1.00 bits per heavy atom. The molecule has 0 aliphatic rings. The number of carbonyl (C=O) groups excluding carboxylic acids is 2. The topological polar surface area (TPSA) is 103 Å². The second kappa shape index (κ2) is 10.9. The summed E-state index contributed by atoms with van der Waals surface area (Å²) in [6.45, 7) is -0.122. The largest absolute Gasteiger partial charge is 0.497 e. The first-order valence-electron chi connectivity index (χ1n) is 8.15. The summed E-state index contributed by atoms with van der Waals surface area (Å²) in [7, 11) is 3.06. The lowest BCUT2D eigenvalue weighted by molar-refractivity contribution is -0.124. The van der Waals surface area contributed by atoms with Gasteiger partial charge in [0.1, 0.15) is 11.5 Å². The Bertz CT molecular complexity index is 761. The fraction of sp³-hybridized carbons (Fsp3) is 0.263. The van der Waals surface area contributed by atoms with Crippen molar-refractivity contribution < 1.29 is 19.1 Å². The molecule has 0 aromatic heterocycles. The molecular weight excluding hydrogens is 370 g/mol. The van der Waals surface area contributed by atoms with Crippen LogP contribution in [0.25, 0.3) is 0 Å². The number of nitrogens with two attached hydrogens (primary N) is 1. The Kier molecular flexibility index (Phi) is 8.95. The number of nitrogens with one attached hydrogen (secondary N) is 2. The predicted molar refractivity (Wildman–Crippen MR) is 108 cm³/mol. The molecule has 0 aliphatic carbocycles. The van der Waals surface area contributed by atoms with Crippen molar-refractivity contribution >= 4 is 35.6 Å². The molecule has 2 rings (SSSR count). The predicted octanol–water partition coefficient (Wildman–Crippen LogP) is 2.40. The van der Waals surface area contributed by atoms with Crippen molar-refractivity contribution in [2.24, 2.45) is 0 Å². The number of para-hydroxylation sites is 1. The molecule has 0 heterocycles. The number of nitrogen functional groups attached to an aromatic ring is 1. The summed E-state index contributed by atoms with van der Waals surface area (Å²) in [5.41, 5.74) is 7.94. The Morgan fingerprint density at radius 2 is 1.63 bits per heavy atom. The minimum Gasteiger partial charge on any atom is -0.497 e. The highest BCUT2D eigenvalue weighted by Crippen LogP contribution is 2.25. The van der Waals surface area contributed by atoms with Crippen LogP contribution in [0, 0.1) is 0 Å². The van der Waals surface area contributed by atoms with Crippen molar-refractivity contribution in [2.75, 3.05) is 31.8 Å². The van der Waals surface area contributed by atoms with E-state index in [1.54, 1.807) is 24.3 Å². The van der Waals surface area contributed by atoms with Crippen LogP contribution in [0.15, 0.2) is 42.5 Å². The number of ether oxygens (including phenoxy) is 2. The molecule has 0 saturated heterocycles. The number of benzene rings is 2. The van der Waals surface area contributed by atoms with Gasteiger partial charge in [-0.25, -0.2) is 0 Å². The van der Waals surface area contributed by atoms with Gasteiger partial charge in [0.25, 0.3) is 0 Å². The quantitative estimate of drug-likeness (QED) is 0.597. The molecule has 0 bridgehead atoms. The second-order valence-corrected chi connectivity index (χ2v) is 5.63. The minimum atomic E-state index is -0.340. The molecule has 146 valence electrons. The van der Waals surface area contributed by atoms with Crippen LogP contribution < -0.4 is 25.8 Å². The molecule has 0 fully saturated rings. The van der Waals surface area contributed by atoms with Gasteiger partial charge in [0.05, 0.1) is 20.8 Å². The standard InChI is InChI=1S/C19H23N3O4.ClH/c1-25-15-9-14(10-16(11-15)26-2)22-19(24)12-21-18(23)8-7-13-5-3-4-6-17(13)20;/h3-6,9-11H,7-8,12,20H2,1-2H3,(H,21,23)(H,22,24);1H. The van der Waals surface area contributed by atoms with Crippen molar-refractivity contribution in [1.82, 2.24) is 5.32 Å². The van der Waals surface area contributed by atoms with Crippen LogP contribution in [-0.2, 0) is 16.0 Å². The molecule has 8 heteroatoms. The van der Waals surface area contributed by atoms with Gasteiger partial charge in [0, 0.05) is 36.0 Å². The van der Waals surface area contributed by atoms with Crippen molar-refractivity contribution in [3.63, 3.8) is 0 Å². The van der Waals surface area contributed by atoms with Crippen LogP contribution in [0.3, 0.4) is 0 Å². The monoisotopic (exact) mass is 393 g/mol. The average Bonchev–Trinajstić information content (AvgIpc) is 2.65. The third kappa shape index (κ3) is 7.07. The lowest BCUT2D eigenvalue weighted by Gasteiger charge is -2.10. The molecule has 7 nitrogen and oxygen atoms in total. The highest BCUT2D eigenvalue weighted by atomic mass is 35.5. The number of aryl methyl sites for hydroxylation is 1. The molecule has 2 aromatic carbocycles. The molecule has 2 amide bonds. The van der Waals surface area contributed by atoms with E-state index in [0.717, 1.165) is 5.56 Å². The van der Waals surface area contributed by atoms with E-state index in [1.807, 2.05) is 18.2 Å². The van der Waals surface area contributed by atoms with Crippen LogP contribution in [-0.4, -0.2) is 32.6 Å². The Balaban J connectivity index is 0.00000364. The number of methoxy groups -OCH3 is 2. The SMILES string of the molecule is COc1cc(NC(=O)CNC(=O)CCc2ccccc2N)cc(OC)c1.Cl. The van der Waals surface area contributed by atoms with Crippen molar-refractivity contribution in [3.05, 3.63) is 48.0 Å². The number of carbonyl (C=O) groups is 2. The molecule has 0 atom stereocenters. The molecular formula is C19H24ClN3O4. The van der Waals surface area contributed by atoms with Gasteiger partial charge in [0.2, 0.25) is 11.8 Å². The maximum absolute atomic E-state index is 12.0. The highest BCUT2D eigenvalue weighted by Gasteiger charge is 2.09. The third-order valence-corrected chi connectivity index (χ3v) is 3.76. The second-order valence-electron chi connectivity index (χ2n) is 5.63. The fourth-order valence-corrected chi connectivity index (χ4v) is 2.36. The van der Waals surface area contributed by atoms with E-state index < -0.39 is 0 Å². The van der Waals surface area contributed by atoms with Gasteiger partial charge in [-0.3, -0.25) is 9.59 Å². The van der Waals surface area contributed by atoms with Crippen molar-refractivity contribution in [3.8, 4) is 11.5 Å². The van der Waals surface area contributed by atoms with Gasteiger partial charge >= 0.3 is 0 Å². The first-order chi connectivity index (χ1) is 12.5. The van der Waals surface area contributed by atoms with Gasteiger partial charge in [-0.1, -0.05) is 18.2 Å². The highest BCUT2D eigenvalue weighted by molar-refractivity contribution is 5.94. The normalized spacial score (nSPS) is 9.70. The number of hydrogen-bond donors (Lipinski definition) is 3. The summed E-state index contributed by atoms with van der Waals surface area (Å²) in [6, 6.07) is 12.4. The number of amides is 2. The molecule has 0 spiro atoms. The van der Waals surface area contributed by atoms with Gasteiger partial charge < -0.3 is 25.8 Å². The summed E-state index contributed by atoms with van der Waals surface area (Å²) >= 11 is 0. The Hall–Kier alpha value is -2.93. The summed E-state index contributed by atoms with van der Waals surface area (Å²) in [4.78, 5) is 23.9. The summed E-state index contributed by atoms with van der Waals surface area (Å²) in [5.74, 6) is 0.563. The summed E-state index contributed by atoms with van der Waals surface area (Å²) < 4.78 is 10.3. The lowest BCUT2D eigenvalue weighted by atomic mass is 10.1. The number of anilines is 2. The zero-order valence-corrected chi connectivity index (χ0v) is 16.1. The van der Waals surface area contributed by atoms with Crippen LogP contribution >= 0.6 is 12.4 Å². The zero-order valence-electron chi connectivity index (χ0n) is 15.3. The average molecular weight is 394 g/mol. The smallest absolute Gasteiger partial charge is 0.243 e. The van der Waals surface area contributed by atoms with Gasteiger partial charge in [-0.2, -0.15) is 0 Å². The first-order valence-corrected chi connectivity index (χ1v) is 8.15. The van der Waals surface area contributed by atoms with E-state index in [1.165, 1.54) is 14.2 Å². The van der Waals surface area contributed by atoms with E-state index in [0.29, 0.717) is 29.3 Å². The van der Waals surface area contributed by atoms with Crippen molar-refractivity contribution in [2.45, 2.75) is 12.8 Å². The maximum Gasteiger partial charge on any atom is 0.243 e. The van der Waals surface area contributed by atoms with Crippen LogP contribution in [0.5, 0.6) is 11.5 Å². The van der Waals surface area contributed by atoms with E-state index in [9.17, 15) is 9.59 Å². The molecule has 0 aliphatic heterocycles.